The molecule has 0 radical (unpaired) electrons. The number of aromatic nitrogens is 2. The lowest BCUT2D eigenvalue weighted by atomic mass is 10.3. The fraction of sp³-hybridized carbons (Fsp3) is 0.250. The molecule has 0 spiro atoms. The van der Waals surface area contributed by atoms with Crippen molar-refractivity contribution in [1.82, 2.24) is 9.78 Å². The van der Waals surface area contributed by atoms with Gasteiger partial charge in [0, 0.05) is 11.5 Å². The minimum atomic E-state index is -0.375. The molecule has 0 amide bonds. The van der Waals surface area contributed by atoms with Crippen LogP contribution in [-0.2, 0) is 13.6 Å². The molecule has 7 heteroatoms. The van der Waals surface area contributed by atoms with Crippen LogP contribution >= 0.6 is 43.5 Å². The smallest absolute Gasteiger partial charge is 0.125 e. The lowest BCUT2D eigenvalue weighted by Crippen LogP contribution is -2.07. The van der Waals surface area contributed by atoms with Gasteiger partial charge in [0.25, 0.3) is 0 Å². The summed E-state index contributed by atoms with van der Waals surface area (Å²) in [4.78, 5) is 0. The van der Waals surface area contributed by atoms with Crippen LogP contribution in [0.5, 0.6) is 0 Å². The van der Waals surface area contributed by atoms with E-state index in [1.165, 1.54) is 12.1 Å². The van der Waals surface area contributed by atoms with Gasteiger partial charge in [-0.05, 0) is 50.9 Å². The second-order valence-corrected chi connectivity index (χ2v) is 6.12. The average Bonchev–Trinajstić information content (AvgIpc) is 2.53. The molecule has 1 aromatic carbocycles. The number of halogens is 4. The molecule has 0 saturated heterocycles. The summed E-state index contributed by atoms with van der Waals surface area (Å²) in [7, 11) is 1.87. The van der Waals surface area contributed by atoms with Crippen LogP contribution in [0.2, 0.25) is 5.02 Å². The average molecular weight is 412 g/mol. The van der Waals surface area contributed by atoms with Crippen LogP contribution in [0, 0.1) is 12.7 Å². The van der Waals surface area contributed by atoms with Crippen LogP contribution in [0.3, 0.4) is 0 Å². The highest BCUT2D eigenvalue weighted by Gasteiger charge is 2.12. The molecule has 0 aliphatic rings. The minimum Gasteiger partial charge on any atom is -0.377 e. The molecule has 1 N–H and O–H groups in total. The van der Waals surface area contributed by atoms with E-state index in [4.69, 9.17) is 11.6 Å². The molecule has 1 heterocycles. The zero-order valence-corrected chi connectivity index (χ0v) is 14.2. The molecule has 0 aliphatic heterocycles. The second kappa shape index (κ2) is 5.81. The molecule has 0 fully saturated rings. The third-order valence-corrected chi connectivity index (χ3v) is 4.66. The van der Waals surface area contributed by atoms with Crippen molar-refractivity contribution in [2.75, 3.05) is 5.32 Å². The number of anilines is 1. The molecule has 2 rings (SSSR count). The predicted molar refractivity (Wildman–Crippen MR) is 82.1 cm³/mol. The van der Waals surface area contributed by atoms with Gasteiger partial charge in [0.1, 0.15) is 5.82 Å². The summed E-state index contributed by atoms with van der Waals surface area (Å²) in [5.41, 5.74) is 2.57. The van der Waals surface area contributed by atoms with Gasteiger partial charge in [-0.15, -0.1) is 0 Å². The summed E-state index contributed by atoms with van der Waals surface area (Å²) in [6.07, 6.45) is 0. The number of hydrogen-bond donors (Lipinski definition) is 1. The van der Waals surface area contributed by atoms with E-state index in [0.717, 1.165) is 15.9 Å². The maximum Gasteiger partial charge on any atom is 0.125 e. The molecule has 0 atom stereocenters. The van der Waals surface area contributed by atoms with Crippen molar-refractivity contribution in [1.29, 1.82) is 0 Å². The molecule has 2 aromatic rings. The van der Waals surface area contributed by atoms with Crippen molar-refractivity contribution in [3.63, 3.8) is 0 Å². The number of benzene rings is 1. The van der Waals surface area contributed by atoms with E-state index in [1.807, 2.05) is 14.0 Å². The number of nitrogens with one attached hydrogen (secondary N) is 1. The molecule has 3 nitrogen and oxygen atoms in total. The molecule has 102 valence electrons. The summed E-state index contributed by atoms with van der Waals surface area (Å²) in [5, 5.41) is 7.83. The van der Waals surface area contributed by atoms with Crippen LogP contribution in [0.15, 0.2) is 21.1 Å². The quantitative estimate of drug-likeness (QED) is 0.796. The van der Waals surface area contributed by atoms with E-state index in [-0.39, 0.29) is 5.82 Å². The summed E-state index contributed by atoms with van der Waals surface area (Å²) in [6, 6.07) is 2.65. The van der Waals surface area contributed by atoms with Crippen LogP contribution in [0.1, 0.15) is 11.4 Å². The van der Waals surface area contributed by atoms with Crippen LogP contribution in [0.4, 0.5) is 10.1 Å². The molecule has 0 bridgehead atoms. The summed E-state index contributed by atoms with van der Waals surface area (Å²) in [6.45, 7) is 2.45. The Labute approximate surface area is 132 Å². The van der Waals surface area contributed by atoms with Crippen molar-refractivity contribution in [2.24, 2.45) is 7.05 Å². The Morgan fingerprint density at radius 1 is 1.42 bits per heavy atom. The molecular weight excluding hydrogens is 400 g/mol. The van der Waals surface area contributed by atoms with Gasteiger partial charge in [-0.1, -0.05) is 11.6 Å². The van der Waals surface area contributed by atoms with Gasteiger partial charge in [-0.3, -0.25) is 4.68 Å². The van der Waals surface area contributed by atoms with Crippen molar-refractivity contribution in [3.05, 3.63) is 43.3 Å². The Hall–Kier alpha value is -0.590. The number of nitrogens with zero attached hydrogens (tertiary/aromatic N) is 2. The van der Waals surface area contributed by atoms with E-state index in [0.29, 0.717) is 21.7 Å². The molecule has 19 heavy (non-hydrogen) atoms. The van der Waals surface area contributed by atoms with Crippen LogP contribution in [-0.4, -0.2) is 9.78 Å². The Kier molecular flexibility index (Phi) is 4.53. The predicted octanol–water partition coefficient (Wildman–Crippen LogP) is 4.66. The molecular formula is C12H11Br2ClFN3. The number of aryl methyl sites for hydroxylation is 2. The number of hydrogen-bond acceptors (Lipinski definition) is 2. The lowest BCUT2D eigenvalue weighted by molar-refractivity contribution is 0.627. The first-order valence-electron chi connectivity index (χ1n) is 5.46. The number of rotatable bonds is 3. The van der Waals surface area contributed by atoms with Crippen molar-refractivity contribution in [3.8, 4) is 0 Å². The first kappa shape index (κ1) is 14.8. The summed E-state index contributed by atoms with van der Waals surface area (Å²) in [5.74, 6) is -0.375. The summed E-state index contributed by atoms with van der Waals surface area (Å²) >= 11 is 12.8. The SMILES string of the molecule is Cc1nn(C)c(CNc2c(Cl)cc(F)cc2Br)c1Br. The minimum absolute atomic E-state index is 0.335. The Morgan fingerprint density at radius 2 is 2.11 bits per heavy atom. The van der Waals surface area contributed by atoms with Crippen molar-refractivity contribution >= 4 is 49.1 Å². The maximum absolute atomic E-state index is 13.1. The van der Waals surface area contributed by atoms with E-state index in [9.17, 15) is 4.39 Å². The van der Waals surface area contributed by atoms with Gasteiger partial charge >= 0.3 is 0 Å². The van der Waals surface area contributed by atoms with Gasteiger partial charge in [0.05, 0.1) is 33.1 Å². The molecule has 1 aromatic heterocycles. The largest absolute Gasteiger partial charge is 0.377 e. The highest BCUT2D eigenvalue weighted by molar-refractivity contribution is 9.11. The second-order valence-electron chi connectivity index (χ2n) is 4.07. The Balaban J connectivity index is 2.24. The lowest BCUT2D eigenvalue weighted by Gasteiger charge is -2.11. The van der Waals surface area contributed by atoms with E-state index in [1.54, 1.807) is 4.68 Å². The molecule has 0 saturated carbocycles. The molecule has 0 aliphatic carbocycles. The van der Waals surface area contributed by atoms with Gasteiger partial charge in [0.15, 0.2) is 0 Å². The van der Waals surface area contributed by atoms with Gasteiger partial charge in [0.2, 0.25) is 0 Å². The molecule has 0 unspecified atom stereocenters. The summed E-state index contributed by atoms with van der Waals surface area (Å²) < 4.78 is 16.5. The third kappa shape index (κ3) is 3.12. The monoisotopic (exact) mass is 409 g/mol. The Bertz CT molecular complexity index is 605. The zero-order valence-electron chi connectivity index (χ0n) is 10.3. The highest BCUT2D eigenvalue weighted by Crippen LogP contribution is 2.32. The van der Waals surface area contributed by atoms with E-state index < -0.39 is 0 Å². The topological polar surface area (TPSA) is 29.9 Å². The van der Waals surface area contributed by atoms with E-state index >= 15 is 0 Å². The first-order valence-corrected chi connectivity index (χ1v) is 7.43. The maximum atomic E-state index is 13.1. The van der Waals surface area contributed by atoms with Crippen LogP contribution < -0.4 is 5.32 Å². The van der Waals surface area contributed by atoms with Crippen LogP contribution in [0.25, 0.3) is 0 Å². The Morgan fingerprint density at radius 3 is 2.63 bits per heavy atom. The normalized spacial score (nSPS) is 10.8. The van der Waals surface area contributed by atoms with Gasteiger partial charge < -0.3 is 5.32 Å². The zero-order chi connectivity index (χ0) is 14.2. The first-order chi connectivity index (χ1) is 8.90. The highest BCUT2D eigenvalue weighted by atomic mass is 79.9. The van der Waals surface area contributed by atoms with Crippen molar-refractivity contribution in [2.45, 2.75) is 13.5 Å². The standard InChI is InChI=1S/C12H11Br2ClFN3/c1-6-11(14)10(19(2)18-6)5-17-12-8(13)3-7(16)4-9(12)15/h3-4,17H,5H2,1-2H3. The third-order valence-electron chi connectivity index (χ3n) is 2.70. The van der Waals surface area contributed by atoms with E-state index in [2.05, 4.69) is 42.3 Å². The fourth-order valence-electron chi connectivity index (χ4n) is 1.76. The fourth-order valence-corrected chi connectivity index (χ4v) is 3.19. The van der Waals surface area contributed by atoms with Gasteiger partial charge in [-0.25, -0.2) is 4.39 Å². The van der Waals surface area contributed by atoms with Crippen molar-refractivity contribution < 1.29 is 4.39 Å². The van der Waals surface area contributed by atoms with Gasteiger partial charge in [-0.2, -0.15) is 5.10 Å².